The van der Waals surface area contributed by atoms with E-state index in [1.165, 1.54) is 12.2 Å². The van der Waals surface area contributed by atoms with Gasteiger partial charge in [-0.25, -0.2) is 4.79 Å². The van der Waals surface area contributed by atoms with E-state index in [1.54, 1.807) is 0 Å². The predicted octanol–water partition coefficient (Wildman–Crippen LogP) is -0.705. The molecule has 0 aromatic carbocycles. The molecule has 1 aliphatic rings. The van der Waals surface area contributed by atoms with Gasteiger partial charge in [-0.1, -0.05) is 0 Å². The Balaban J connectivity index is 3.19. The Morgan fingerprint density at radius 2 is 2.08 bits per heavy atom. The first kappa shape index (κ1) is 9.53. The number of carboxylic acid groups (broad SMARTS) is 1. The lowest BCUT2D eigenvalue weighted by Gasteiger charge is -2.07. The van der Waals surface area contributed by atoms with Gasteiger partial charge in [-0.15, -0.1) is 0 Å². The van der Waals surface area contributed by atoms with Gasteiger partial charge in [0.2, 0.25) is 10.3 Å². The molecule has 0 bridgehead atoms. The number of rotatable bonds is 1. The molecule has 0 unspecified atom stereocenters. The quantitative estimate of drug-likeness (QED) is 0.546. The van der Waals surface area contributed by atoms with Crippen molar-refractivity contribution in [2.75, 3.05) is 0 Å². The van der Waals surface area contributed by atoms with Crippen LogP contribution in [0.4, 0.5) is 0 Å². The van der Waals surface area contributed by atoms with Gasteiger partial charge in [0.1, 0.15) is 0 Å². The number of allylic oxidation sites excluding steroid dienone is 2. The lowest BCUT2D eigenvalue weighted by Crippen LogP contribution is -2.16. The van der Waals surface area contributed by atoms with Crippen molar-refractivity contribution < 1.29 is 18.3 Å². The molecule has 13 heavy (non-hydrogen) atoms. The zero-order valence-electron chi connectivity index (χ0n) is 6.52. The molecule has 0 aromatic heterocycles. The summed E-state index contributed by atoms with van der Waals surface area (Å²) in [5.41, 5.74) is 5.36. The van der Waals surface area contributed by atoms with Crippen molar-refractivity contribution in [3.05, 3.63) is 23.4 Å². The maximum Gasteiger partial charge on any atom is 0.334 e. The SMILES string of the molecule is NC1=C(C(=O)O)CC(=S(=O)=O)C=C1. The van der Waals surface area contributed by atoms with Gasteiger partial charge in [0.05, 0.1) is 10.4 Å². The Kier molecular flexibility index (Phi) is 2.52. The average molecular weight is 201 g/mol. The van der Waals surface area contributed by atoms with E-state index >= 15 is 0 Å². The van der Waals surface area contributed by atoms with E-state index < -0.39 is 16.3 Å². The molecule has 0 spiro atoms. The molecule has 3 N–H and O–H groups in total. The van der Waals surface area contributed by atoms with Crippen LogP contribution in [0.5, 0.6) is 0 Å². The average Bonchev–Trinajstić information content (AvgIpc) is 2.04. The van der Waals surface area contributed by atoms with Gasteiger partial charge in [0, 0.05) is 12.1 Å². The molecular formula is C7H7NO4S. The van der Waals surface area contributed by atoms with Crippen LogP contribution in [0, 0.1) is 0 Å². The summed E-state index contributed by atoms with van der Waals surface area (Å²) in [5.74, 6) is -1.19. The first-order valence-corrected chi connectivity index (χ1v) is 4.45. The van der Waals surface area contributed by atoms with E-state index in [0.29, 0.717) is 0 Å². The monoisotopic (exact) mass is 201 g/mol. The molecule has 70 valence electrons. The smallest absolute Gasteiger partial charge is 0.334 e. The zero-order valence-corrected chi connectivity index (χ0v) is 7.34. The van der Waals surface area contributed by atoms with Gasteiger partial charge in [-0.05, 0) is 12.2 Å². The third kappa shape index (κ3) is 1.97. The molecule has 6 heteroatoms. The van der Waals surface area contributed by atoms with Crippen molar-refractivity contribution in [3.8, 4) is 0 Å². The number of hydrogen-bond acceptors (Lipinski definition) is 4. The Morgan fingerprint density at radius 1 is 1.46 bits per heavy atom. The summed E-state index contributed by atoms with van der Waals surface area (Å²) in [6.45, 7) is 0. The number of nitrogens with two attached hydrogens (primary N) is 1. The summed E-state index contributed by atoms with van der Waals surface area (Å²) in [5, 5.41) is 8.62. The van der Waals surface area contributed by atoms with E-state index in [9.17, 15) is 13.2 Å². The summed E-state index contributed by atoms with van der Waals surface area (Å²) in [6.07, 6.45) is 2.43. The van der Waals surface area contributed by atoms with Crippen LogP contribution in [0.25, 0.3) is 0 Å². The highest BCUT2D eigenvalue weighted by Gasteiger charge is 2.17. The van der Waals surface area contributed by atoms with Gasteiger partial charge in [0.25, 0.3) is 0 Å². The molecule has 1 aliphatic carbocycles. The third-order valence-corrected chi connectivity index (χ3v) is 2.33. The number of carboxylic acids is 1. The summed E-state index contributed by atoms with van der Waals surface area (Å²) < 4.78 is 21.0. The Bertz CT molecular complexity index is 433. The van der Waals surface area contributed by atoms with E-state index in [-0.39, 0.29) is 22.6 Å². The Labute approximate surface area is 75.7 Å². The summed E-state index contributed by atoms with van der Waals surface area (Å²) in [4.78, 5) is 10.6. The van der Waals surface area contributed by atoms with Gasteiger partial charge in [-0.2, -0.15) is 8.42 Å². The molecule has 0 fully saturated rings. The highest BCUT2D eigenvalue weighted by atomic mass is 32.2. The first-order chi connectivity index (χ1) is 6.02. The first-order valence-electron chi connectivity index (χ1n) is 3.37. The van der Waals surface area contributed by atoms with E-state index in [4.69, 9.17) is 10.8 Å². The van der Waals surface area contributed by atoms with E-state index in [0.717, 1.165) is 0 Å². The van der Waals surface area contributed by atoms with Gasteiger partial charge in [-0.3, -0.25) is 0 Å². The van der Waals surface area contributed by atoms with Gasteiger partial charge in [0.15, 0.2) is 0 Å². The van der Waals surface area contributed by atoms with E-state index in [2.05, 4.69) is 0 Å². The van der Waals surface area contributed by atoms with Crippen molar-refractivity contribution in [1.29, 1.82) is 0 Å². The predicted molar refractivity (Wildman–Crippen MR) is 46.5 cm³/mol. The van der Waals surface area contributed by atoms with Crippen LogP contribution < -0.4 is 5.73 Å². The summed E-state index contributed by atoms with van der Waals surface area (Å²) in [7, 11) is -2.38. The molecule has 0 aromatic rings. The number of hydrogen-bond donors (Lipinski definition) is 2. The maximum atomic E-state index is 10.5. The van der Waals surface area contributed by atoms with Crippen molar-refractivity contribution in [3.63, 3.8) is 0 Å². The molecule has 0 saturated heterocycles. The largest absolute Gasteiger partial charge is 0.478 e. The van der Waals surface area contributed by atoms with E-state index in [1.807, 2.05) is 0 Å². The van der Waals surface area contributed by atoms with Crippen LogP contribution in [0.1, 0.15) is 6.42 Å². The minimum Gasteiger partial charge on any atom is -0.478 e. The second kappa shape index (κ2) is 3.44. The fourth-order valence-corrected chi connectivity index (χ4v) is 1.37. The Hall–Kier alpha value is -1.56. The minimum absolute atomic E-state index is 0.0339. The molecule has 1 rings (SSSR count). The molecule has 0 heterocycles. The highest BCUT2D eigenvalue weighted by Crippen LogP contribution is 2.13. The van der Waals surface area contributed by atoms with Crippen molar-refractivity contribution >= 4 is 21.1 Å². The molecule has 0 aliphatic heterocycles. The Morgan fingerprint density at radius 3 is 2.54 bits per heavy atom. The lowest BCUT2D eigenvalue weighted by atomic mass is 10.0. The van der Waals surface area contributed by atoms with Crippen LogP contribution in [-0.4, -0.2) is 24.4 Å². The number of carbonyl (C=O) groups is 1. The second-order valence-electron chi connectivity index (χ2n) is 2.45. The molecule has 0 radical (unpaired) electrons. The van der Waals surface area contributed by atoms with Gasteiger partial charge >= 0.3 is 5.97 Å². The number of aliphatic carboxylic acids is 1. The second-order valence-corrected chi connectivity index (χ2v) is 3.44. The van der Waals surface area contributed by atoms with Crippen molar-refractivity contribution in [2.45, 2.75) is 6.42 Å². The molecular weight excluding hydrogens is 194 g/mol. The van der Waals surface area contributed by atoms with Crippen molar-refractivity contribution in [1.82, 2.24) is 0 Å². The lowest BCUT2D eigenvalue weighted by molar-refractivity contribution is -0.132. The van der Waals surface area contributed by atoms with Crippen LogP contribution in [0.15, 0.2) is 23.4 Å². The van der Waals surface area contributed by atoms with Crippen LogP contribution in [0.2, 0.25) is 0 Å². The molecule has 0 atom stereocenters. The normalized spacial score (nSPS) is 16.2. The topological polar surface area (TPSA) is 97.5 Å². The maximum absolute atomic E-state index is 10.5. The van der Waals surface area contributed by atoms with Crippen LogP contribution >= 0.6 is 0 Å². The molecule has 5 nitrogen and oxygen atoms in total. The fourth-order valence-electron chi connectivity index (χ4n) is 0.932. The standard InChI is InChI=1S/C7H7NO4S/c8-6-2-1-4(13(11)12)3-5(6)7(9)10/h1-2H,3,8H2,(H,9,10). The van der Waals surface area contributed by atoms with Crippen molar-refractivity contribution in [2.24, 2.45) is 5.73 Å². The molecule has 0 amide bonds. The van der Waals surface area contributed by atoms with Crippen LogP contribution in [0.3, 0.4) is 0 Å². The minimum atomic E-state index is -2.38. The highest BCUT2D eigenvalue weighted by molar-refractivity contribution is 7.73. The third-order valence-electron chi connectivity index (χ3n) is 1.62. The zero-order chi connectivity index (χ0) is 10.0. The summed E-state index contributed by atoms with van der Waals surface area (Å²) >= 11 is 0. The van der Waals surface area contributed by atoms with Gasteiger partial charge < -0.3 is 10.8 Å². The summed E-state index contributed by atoms with van der Waals surface area (Å²) in [6, 6.07) is 0. The fraction of sp³-hybridized carbons (Fsp3) is 0.143. The molecule has 0 saturated carbocycles. The van der Waals surface area contributed by atoms with Crippen LogP contribution in [-0.2, 0) is 15.1 Å².